The number of aromatic nitrogens is 1. The maximum atomic E-state index is 13.2. The quantitative estimate of drug-likeness (QED) is 0.426. The Morgan fingerprint density at radius 1 is 1.10 bits per heavy atom. The van der Waals surface area contributed by atoms with Crippen LogP contribution in [0.2, 0.25) is 0 Å². The second kappa shape index (κ2) is 8.15. The number of halogens is 1. The molecule has 3 aromatic rings. The van der Waals surface area contributed by atoms with Gasteiger partial charge in [-0.1, -0.05) is 0 Å². The summed E-state index contributed by atoms with van der Waals surface area (Å²) in [5.41, 5.74) is 3.39. The molecule has 0 aliphatic carbocycles. The smallest absolute Gasteiger partial charge is 0.345 e. The average Bonchev–Trinajstić information content (AvgIpc) is 3.22. The molecule has 7 nitrogen and oxygen atoms in total. The maximum Gasteiger partial charge on any atom is 0.345 e. The first-order valence-electron chi connectivity index (χ1n) is 9.87. The fourth-order valence-electron chi connectivity index (χ4n) is 4.32. The van der Waals surface area contributed by atoms with E-state index in [0.717, 1.165) is 39.8 Å². The van der Waals surface area contributed by atoms with Gasteiger partial charge in [0, 0.05) is 11.8 Å². The van der Waals surface area contributed by atoms with Gasteiger partial charge in [0.15, 0.2) is 35.7 Å². The van der Waals surface area contributed by atoms with Crippen LogP contribution in [0, 0.1) is 0 Å². The average molecular weight is 444 g/mol. The third-order valence-electron chi connectivity index (χ3n) is 5.62. The fraction of sp³-hybridized carbons (Fsp3) is 0.304. The molecule has 31 heavy (non-hydrogen) atoms. The highest BCUT2D eigenvalue weighted by Gasteiger charge is 2.35. The van der Waals surface area contributed by atoms with E-state index < -0.39 is 0 Å². The molecule has 0 fully saturated rings. The lowest BCUT2D eigenvalue weighted by Gasteiger charge is -2.20. The van der Waals surface area contributed by atoms with Crippen LogP contribution in [-0.2, 0) is 17.7 Å². The van der Waals surface area contributed by atoms with Gasteiger partial charge in [0.1, 0.15) is 5.56 Å². The van der Waals surface area contributed by atoms with Crippen LogP contribution in [0.25, 0.3) is 22.0 Å². The molecule has 2 aromatic carbocycles. The molecular weight excluding hydrogens is 422 g/mol. The van der Waals surface area contributed by atoms with E-state index >= 15 is 0 Å². The van der Waals surface area contributed by atoms with Gasteiger partial charge in [-0.2, -0.15) is 4.57 Å². The van der Waals surface area contributed by atoms with Gasteiger partial charge in [-0.3, -0.25) is 0 Å². The molecule has 0 radical (unpaired) electrons. The van der Waals surface area contributed by atoms with Gasteiger partial charge < -0.3 is 36.1 Å². The van der Waals surface area contributed by atoms with Crippen molar-refractivity contribution in [3.63, 3.8) is 0 Å². The Kier molecular flexibility index (Phi) is 5.54. The van der Waals surface area contributed by atoms with E-state index in [4.69, 9.17) is 23.7 Å². The van der Waals surface area contributed by atoms with Gasteiger partial charge in [0.2, 0.25) is 12.5 Å². The van der Waals surface area contributed by atoms with Crippen molar-refractivity contribution in [2.45, 2.75) is 19.9 Å². The number of carbonyl (C=O) groups excluding carboxylic acids is 1. The van der Waals surface area contributed by atoms with Crippen molar-refractivity contribution < 1.29 is 45.5 Å². The number of nitrogens with zero attached hydrogens (tertiary/aromatic N) is 1. The molecule has 3 heterocycles. The number of carbonyl (C=O) groups is 1. The minimum Gasteiger partial charge on any atom is -1.00 e. The van der Waals surface area contributed by atoms with E-state index in [0.29, 0.717) is 29.4 Å². The number of esters is 1. The zero-order valence-corrected chi connectivity index (χ0v) is 18.2. The molecule has 0 unspecified atom stereocenters. The number of benzene rings is 2. The molecule has 162 valence electrons. The lowest BCUT2D eigenvalue weighted by atomic mass is 9.91. The summed E-state index contributed by atoms with van der Waals surface area (Å²) < 4.78 is 29.8. The van der Waals surface area contributed by atoms with Gasteiger partial charge in [-0.25, -0.2) is 4.79 Å². The van der Waals surface area contributed by atoms with Crippen molar-refractivity contribution in [2.75, 3.05) is 27.6 Å². The monoisotopic (exact) mass is 443 g/mol. The van der Waals surface area contributed by atoms with E-state index in [1.54, 1.807) is 21.1 Å². The zero-order chi connectivity index (χ0) is 20.8. The van der Waals surface area contributed by atoms with Gasteiger partial charge in [0.25, 0.3) is 0 Å². The largest absolute Gasteiger partial charge is 1.00 e. The summed E-state index contributed by atoms with van der Waals surface area (Å²) in [5.74, 6) is 2.26. The predicted molar refractivity (Wildman–Crippen MR) is 108 cm³/mol. The van der Waals surface area contributed by atoms with E-state index in [1.807, 2.05) is 30.5 Å². The molecule has 0 spiro atoms. The van der Waals surface area contributed by atoms with Crippen molar-refractivity contribution in [3.8, 4) is 34.3 Å². The highest BCUT2D eigenvalue weighted by molar-refractivity contribution is 6.10. The molecule has 2 aliphatic rings. The van der Waals surface area contributed by atoms with Crippen LogP contribution in [0.5, 0.6) is 23.0 Å². The van der Waals surface area contributed by atoms with Gasteiger partial charge >= 0.3 is 5.97 Å². The Bertz CT molecular complexity index is 1190. The van der Waals surface area contributed by atoms with E-state index in [2.05, 4.69) is 4.57 Å². The number of pyridine rings is 1. The number of aryl methyl sites for hydroxylation is 2. The molecule has 0 saturated carbocycles. The van der Waals surface area contributed by atoms with Gasteiger partial charge in [-0.15, -0.1) is 0 Å². The van der Waals surface area contributed by atoms with Gasteiger partial charge in [-0.05, 0) is 36.8 Å². The molecule has 0 N–H and O–H groups in total. The van der Waals surface area contributed by atoms with Crippen LogP contribution >= 0.6 is 0 Å². The number of ether oxygens (including phenoxy) is 5. The Labute approximate surface area is 185 Å². The predicted octanol–water partition coefficient (Wildman–Crippen LogP) is 0.277. The first-order chi connectivity index (χ1) is 14.7. The second-order valence-electron chi connectivity index (χ2n) is 7.14. The SMILES string of the molecule is CCOC(=O)c1c2[n+](cc3c(OC)c(OC)ccc13)CCc1cc3c(cc1-2)OCO3.[Cl-]. The minimum atomic E-state index is -0.371. The van der Waals surface area contributed by atoms with E-state index in [-0.39, 0.29) is 31.8 Å². The summed E-state index contributed by atoms with van der Waals surface area (Å²) in [4.78, 5) is 13.2. The van der Waals surface area contributed by atoms with Crippen molar-refractivity contribution in [1.82, 2.24) is 0 Å². The number of rotatable bonds is 4. The van der Waals surface area contributed by atoms with Crippen LogP contribution in [0.15, 0.2) is 30.5 Å². The summed E-state index contributed by atoms with van der Waals surface area (Å²) in [6, 6.07) is 7.66. The highest BCUT2D eigenvalue weighted by Crippen LogP contribution is 2.43. The fourth-order valence-corrected chi connectivity index (χ4v) is 4.32. The molecule has 0 amide bonds. The molecule has 2 aliphatic heterocycles. The van der Waals surface area contributed by atoms with Crippen molar-refractivity contribution in [2.24, 2.45) is 0 Å². The zero-order valence-electron chi connectivity index (χ0n) is 17.5. The van der Waals surface area contributed by atoms with Crippen LogP contribution in [-0.4, -0.2) is 33.6 Å². The first-order valence-corrected chi connectivity index (χ1v) is 9.87. The number of hydrogen-bond donors (Lipinski definition) is 0. The topological polar surface area (TPSA) is 67.1 Å². The lowest BCUT2D eigenvalue weighted by Crippen LogP contribution is -3.00. The van der Waals surface area contributed by atoms with E-state index in [1.165, 1.54) is 0 Å². The molecule has 1 aromatic heterocycles. The van der Waals surface area contributed by atoms with Crippen molar-refractivity contribution in [3.05, 3.63) is 41.6 Å². The van der Waals surface area contributed by atoms with Crippen LogP contribution < -0.4 is 35.9 Å². The maximum absolute atomic E-state index is 13.2. The molecule has 5 rings (SSSR count). The van der Waals surface area contributed by atoms with Crippen LogP contribution in [0.1, 0.15) is 22.8 Å². The number of methoxy groups -OCH3 is 2. The highest BCUT2D eigenvalue weighted by atomic mass is 35.5. The summed E-state index contributed by atoms with van der Waals surface area (Å²) in [6.45, 7) is 3.01. The lowest BCUT2D eigenvalue weighted by molar-refractivity contribution is -0.686. The summed E-state index contributed by atoms with van der Waals surface area (Å²) in [5, 5.41) is 1.55. The molecule has 0 atom stereocenters. The number of fused-ring (bicyclic) bond motifs is 5. The Balaban J connectivity index is 0.00000231. The summed E-state index contributed by atoms with van der Waals surface area (Å²) in [6.07, 6.45) is 2.83. The van der Waals surface area contributed by atoms with Crippen LogP contribution in [0.4, 0.5) is 0 Å². The Morgan fingerprint density at radius 2 is 1.87 bits per heavy atom. The molecule has 0 saturated heterocycles. The summed E-state index contributed by atoms with van der Waals surface area (Å²) in [7, 11) is 3.20. The van der Waals surface area contributed by atoms with E-state index in [9.17, 15) is 4.79 Å². The minimum absolute atomic E-state index is 0. The number of hydrogen-bond acceptors (Lipinski definition) is 6. The van der Waals surface area contributed by atoms with Crippen molar-refractivity contribution >= 4 is 16.7 Å². The third-order valence-corrected chi connectivity index (χ3v) is 5.62. The van der Waals surface area contributed by atoms with Crippen LogP contribution in [0.3, 0.4) is 0 Å². The van der Waals surface area contributed by atoms with Gasteiger partial charge in [0.05, 0.1) is 31.8 Å². The standard InChI is InChI=1S/C23H22NO6.ClH/c1-4-28-23(25)20-14-5-6-17(26-2)22(27-3)16(14)11-24-8-7-13-9-18-19(30-12-29-18)10-15(13)21(20)24;/h5-6,9-11H,4,7-8,12H2,1-3H3;1H/q+1;/p-1. The summed E-state index contributed by atoms with van der Waals surface area (Å²) >= 11 is 0. The Morgan fingerprint density at radius 3 is 2.58 bits per heavy atom. The first kappa shape index (κ1) is 21.1. The molecular formula is C23H22ClNO6. The third kappa shape index (κ3) is 3.20. The Hall–Kier alpha value is -3.19. The molecule has 0 bridgehead atoms. The normalized spacial score (nSPS) is 13.1. The molecule has 8 heteroatoms. The van der Waals surface area contributed by atoms with Crippen molar-refractivity contribution in [1.29, 1.82) is 0 Å². The second-order valence-corrected chi connectivity index (χ2v) is 7.14.